The summed E-state index contributed by atoms with van der Waals surface area (Å²) >= 11 is 0. The van der Waals surface area contributed by atoms with Gasteiger partial charge in [0.05, 0.1) is 6.61 Å². The van der Waals surface area contributed by atoms with Crippen molar-refractivity contribution in [1.82, 2.24) is 0 Å². The third-order valence-electron chi connectivity index (χ3n) is 3.67. The largest absolute Gasteiger partial charge is 0.474 e. The van der Waals surface area contributed by atoms with E-state index in [9.17, 15) is 9.36 Å². The first-order chi connectivity index (χ1) is 11.2. The van der Waals surface area contributed by atoms with E-state index >= 15 is 0 Å². The third kappa shape index (κ3) is 10.6. The minimum absolute atomic E-state index is 0.0606. The van der Waals surface area contributed by atoms with Gasteiger partial charge in [-0.05, 0) is 66.7 Å². The molecule has 24 heavy (non-hydrogen) atoms. The third-order valence-corrected chi connectivity index (χ3v) is 5.77. The molecule has 0 saturated heterocycles. The molecule has 0 bridgehead atoms. The molecule has 0 aromatic rings. The predicted octanol–water partition coefficient (Wildman–Crippen LogP) is 6.79. The number of carboxylic acid groups (broad SMARTS) is 1. The fraction of sp³-hybridized carbons (Fsp3) is 0.632. The van der Waals surface area contributed by atoms with Crippen LogP contribution < -0.4 is 0 Å². The second-order valence-electron chi connectivity index (χ2n) is 6.35. The highest BCUT2D eigenvalue weighted by atomic mass is 31.2. The van der Waals surface area contributed by atoms with Crippen molar-refractivity contribution >= 4 is 13.1 Å². The van der Waals surface area contributed by atoms with Crippen LogP contribution in [-0.4, -0.2) is 23.6 Å². The van der Waals surface area contributed by atoms with Crippen LogP contribution in [0.15, 0.2) is 34.9 Å². The van der Waals surface area contributed by atoms with E-state index in [-0.39, 0.29) is 12.8 Å². The van der Waals surface area contributed by atoms with Gasteiger partial charge >= 0.3 is 13.1 Å². The highest BCUT2D eigenvalue weighted by Gasteiger charge is 2.31. The fourth-order valence-electron chi connectivity index (χ4n) is 2.24. The Bertz CT molecular complexity index is 525. The SMILES string of the molecule is CCOP(=O)(CC/C=C(\C)CC/C=C(\C)CCC=C(C)C)C(=O)O. The molecule has 1 atom stereocenters. The normalized spacial score (nSPS) is 15.0. The van der Waals surface area contributed by atoms with E-state index in [4.69, 9.17) is 9.63 Å². The maximum Gasteiger partial charge on any atom is 0.389 e. The van der Waals surface area contributed by atoms with Crippen LogP contribution in [0.3, 0.4) is 0 Å². The Balaban J connectivity index is 4.26. The lowest BCUT2D eigenvalue weighted by atomic mass is 10.1. The summed E-state index contributed by atoms with van der Waals surface area (Å²) in [4.78, 5) is 11.0. The van der Waals surface area contributed by atoms with Gasteiger partial charge in [-0.2, -0.15) is 0 Å². The molecular formula is C19H33O4P. The Morgan fingerprint density at radius 3 is 1.92 bits per heavy atom. The lowest BCUT2D eigenvalue weighted by Crippen LogP contribution is -2.04. The van der Waals surface area contributed by atoms with Crippen LogP contribution in [0.1, 0.15) is 66.7 Å². The van der Waals surface area contributed by atoms with Crippen molar-refractivity contribution in [3.05, 3.63) is 34.9 Å². The van der Waals surface area contributed by atoms with Gasteiger partial charge in [0.1, 0.15) is 0 Å². The summed E-state index contributed by atoms with van der Waals surface area (Å²) in [5.41, 5.74) is 2.61. The quantitative estimate of drug-likeness (QED) is 0.309. The van der Waals surface area contributed by atoms with Crippen LogP contribution in [0.4, 0.5) is 4.79 Å². The number of hydrogen-bond acceptors (Lipinski definition) is 3. The van der Waals surface area contributed by atoms with Gasteiger partial charge in [0, 0.05) is 6.16 Å². The molecule has 0 amide bonds. The molecule has 0 aliphatic carbocycles. The first-order valence-electron chi connectivity index (χ1n) is 8.63. The summed E-state index contributed by atoms with van der Waals surface area (Å²) in [7, 11) is -3.56. The summed E-state index contributed by atoms with van der Waals surface area (Å²) in [5, 5.41) is 9.02. The lowest BCUT2D eigenvalue weighted by Gasteiger charge is -2.11. The van der Waals surface area contributed by atoms with E-state index in [0.717, 1.165) is 25.7 Å². The number of carbonyl (C=O) groups is 1. The van der Waals surface area contributed by atoms with Crippen molar-refractivity contribution in [2.75, 3.05) is 12.8 Å². The Labute approximate surface area is 147 Å². The molecular weight excluding hydrogens is 323 g/mol. The molecule has 138 valence electrons. The smallest absolute Gasteiger partial charge is 0.389 e. The molecule has 0 radical (unpaired) electrons. The monoisotopic (exact) mass is 356 g/mol. The van der Waals surface area contributed by atoms with Crippen LogP contribution in [-0.2, 0) is 9.09 Å². The summed E-state index contributed by atoms with van der Waals surface area (Å²) < 4.78 is 17.0. The Morgan fingerprint density at radius 1 is 0.958 bits per heavy atom. The van der Waals surface area contributed by atoms with Gasteiger partial charge in [0.2, 0.25) is 0 Å². The number of allylic oxidation sites excluding steroid dienone is 6. The summed E-state index contributed by atoms with van der Waals surface area (Å²) in [6.07, 6.45) is 11.1. The van der Waals surface area contributed by atoms with E-state index in [2.05, 4.69) is 32.9 Å². The molecule has 0 aromatic heterocycles. The van der Waals surface area contributed by atoms with E-state index < -0.39 is 13.1 Å². The molecule has 0 aliphatic rings. The zero-order valence-corrected chi connectivity index (χ0v) is 16.7. The molecule has 0 aliphatic heterocycles. The van der Waals surface area contributed by atoms with Crippen LogP contribution in [0.5, 0.6) is 0 Å². The first kappa shape index (κ1) is 22.9. The summed E-state index contributed by atoms with van der Waals surface area (Å²) in [5.74, 6) is 0. The molecule has 0 spiro atoms. The molecule has 0 rings (SSSR count). The van der Waals surface area contributed by atoms with E-state index in [1.54, 1.807) is 6.92 Å². The Kier molecular flexibility index (Phi) is 11.7. The van der Waals surface area contributed by atoms with Gasteiger partial charge in [0.25, 0.3) is 0 Å². The van der Waals surface area contributed by atoms with Crippen molar-refractivity contribution in [3.8, 4) is 0 Å². The zero-order valence-electron chi connectivity index (χ0n) is 15.8. The first-order valence-corrected chi connectivity index (χ1v) is 10.4. The molecule has 0 aromatic carbocycles. The van der Waals surface area contributed by atoms with E-state index in [1.807, 2.05) is 13.0 Å². The van der Waals surface area contributed by atoms with Crippen molar-refractivity contribution in [3.63, 3.8) is 0 Å². The topological polar surface area (TPSA) is 63.6 Å². The Morgan fingerprint density at radius 2 is 1.46 bits per heavy atom. The standard InChI is InChI=1S/C19H33O4P/c1-6-23-24(22,19(20)21)15-9-14-18(5)13-8-12-17(4)11-7-10-16(2)3/h10,12,14H,6-9,11,13,15H2,1-5H3,(H,20,21)/b17-12+,18-14+. The number of hydrogen-bond donors (Lipinski definition) is 1. The highest BCUT2D eigenvalue weighted by Crippen LogP contribution is 2.48. The molecule has 0 saturated carbocycles. The minimum Gasteiger partial charge on any atom is -0.474 e. The van der Waals surface area contributed by atoms with Crippen molar-refractivity contribution in [1.29, 1.82) is 0 Å². The lowest BCUT2D eigenvalue weighted by molar-refractivity contribution is 0.210. The van der Waals surface area contributed by atoms with Crippen molar-refractivity contribution < 1.29 is 19.0 Å². The van der Waals surface area contributed by atoms with Crippen LogP contribution in [0.25, 0.3) is 0 Å². The van der Waals surface area contributed by atoms with Crippen molar-refractivity contribution in [2.45, 2.75) is 66.7 Å². The van der Waals surface area contributed by atoms with E-state index in [0.29, 0.717) is 6.42 Å². The van der Waals surface area contributed by atoms with Gasteiger partial charge < -0.3 is 9.63 Å². The fourth-order valence-corrected chi connectivity index (χ4v) is 3.56. The second kappa shape index (κ2) is 12.3. The van der Waals surface area contributed by atoms with Crippen LogP contribution in [0.2, 0.25) is 0 Å². The van der Waals surface area contributed by atoms with Gasteiger partial charge in [0.15, 0.2) is 0 Å². The number of rotatable bonds is 12. The van der Waals surface area contributed by atoms with Gasteiger partial charge in [-0.25, -0.2) is 4.79 Å². The van der Waals surface area contributed by atoms with Crippen molar-refractivity contribution in [2.24, 2.45) is 0 Å². The maximum atomic E-state index is 12.1. The highest BCUT2D eigenvalue weighted by molar-refractivity contribution is 7.75. The second-order valence-corrected chi connectivity index (χ2v) is 8.78. The van der Waals surface area contributed by atoms with Crippen LogP contribution in [0, 0.1) is 0 Å². The molecule has 4 nitrogen and oxygen atoms in total. The maximum absolute atomic E-state index is 12.1. The summed E-state index contributed by atoms with van der Waals surface area (Å²) in [6, 6.07) is 0. The van der Waals surface area contributed by atoms with E-state index in [1.165, 1.54) is 16.7 Å². The van der Waals surface area contributed by atoms with Gasteiger partial charge in [-0.1, -0.05) is 34.9 Å². The molecule has 0 fully saturated rings. The predicted molar refractivity (Wildman–Crippen MR) is 102 cm³/mol. The zero-order chi connectivity index (χ0) is 18.6. The minimum atomic E-state index is -3.56. The Hall–Kier alpha value is -1.12. The molecule has 1 N–H and O–H groups in total. The molecule has 1 unspecified atom stereocenters. The molecule has 5 heteroatoms. The average molecular weight is 356 g/mol. The van der Waals surface area contributed by atoms with Crippen LogP contribution >= 0.6 is 7.37 Å². The summed E-state index contributed by atoms with van der Waals surface area (Å²) in [6.45, 7) is 10.2. The van der Waals surface area contributed by atoms with Gasteiger partial charge in [-0.3, -0.25) is 4.57 Å². The molecule has 0 heterocycles. The van der Waals surface area contributed by atoms with Gasteiger partial charge in [-0.15, -0.1) is 0 Å². The average Bonchev–Trinajstić information content (AvgIpc) is 2.46.